The maximum absolute atomic E-state index is 14.4. The van der Waals surface area contributed by atoms with E-state index in [0.29, 0.717) is 33.5 Å². The summed E-state index contributed by atoms with van der Waals surface area (Å²) in [6.07, 6.45) is 7.46. The van der Waals surface area contributed by atoms with Crippen molar-refractivity contribution in [3.63, 3.8) is 0 Å². The van der Waals surface area contributed by atoms with Crippen molar-refractivity contribution in [3.8, 4) is 67.0 Å². The van der Waals surface area contributed by atoms with Gasteiger partial charge in [0.25, 0.3) is 11.8 Å². The van der Waals surface area contributed by atoms with Gasteiger partial charge in [-0.15, -0.1) is 22.1 Å². The number of pyridine rings is 1. The van der Waals surface area contributed by atoms with Gasteiger partial charge in [-0.3, -0.25) is 19.5 Å². The van der Waals surface area contributed by atoms with Crippen LogP contribution >= 0.6 is 0 Å². The minimum Gasteiger partial charge on any atom is -0.657 e. The summed E-state index contributed by atoms with van der Waals surface area (Å²) < 4.78 is 0. The van der Waals surface area contributed by atoms with Crippen molar-refractivity contribution in [3.05, 3.63) is 210 Å². The van der Waals surface area contributed by atoms with Crippen LogP contribution in [0, 0.1) is 0 Å². The monoisotopic (exact) mass is 880 g/mol. The molecular formula is C56H34N6NiO2. The second-order valence-corrected chi connectivity index (χ2v) is 15.9. The molecule has 310 valence electrons. The quantitative estimate of drug-likeness (QED) is 0.121. The number of hydrogen-bond acceptors (Lipinski definition) is 5. The molecule has 2 amide bonds. The summed E-state index contributed by atoms with van der Waals surface area (Å²) in [5.41, 5.74) is 15.7. The van der Waals surface area contributed by atoms with E-state index < -0.39 is 0 Å². The van der Waals surface area contributed by atoms with Crippen LogP contribution < -0.4 is 9.97 Å². The van der Waals surface area contributed by atoms with Gasteiger partial charge in [0.1, 0.15) is 0 Å². The standard InChI is InChI=1S/C56H36N6O2.Ni/c63-55-41-31-39-40(32-42(41)56(64)62(55)33-34-27-29-57-30-28-34)54-52(38-19-11-4-12-20-38)48-26-24-46(60-48)50(36-15-7-2-8-16-36)44-22-21-43(58-44)49(35-13-5-1-6-14-35)45-23-25-47(59-45)51(53(39)61-54)37-17-9-3-10-18-37;/h1-32H,33H2,(H2,58,59,60,61,63,64);/q;+2/p-2. The molecule has 12 rings (SSSR count). The molecule has 7 heterocycles. The van der Waals surface area contributed by atoms with Crippen LogP contribution in [0.15, 0.2) is 182 Å². The Morgan fingerprint density at radius 2 is 0.785 bits per heavy atom. The summed E-state index contributed by atoms with van der Waals surface area (Å²) in [5.74, 6) is -0.717. The molecular weight excluding hydrogens is 847 g/mol. The fourth-order valence-corrected chi connectivity index (χ4v) is 9.16. The molecule has 0 radical (unpaired) electrons. The fourth-order valence-electron chi connectivity index (χ4n) is 9.16. The summed E-state index contributed by atoms with van der Waals surface area (Å²) in [4.78, 5) is 56.0. The summed E-state index contributed by atoms with van der Waals surface area (Å²) >= 11 is 0. The van der Waals surface area contributed by atoms with E-state index >= 15 is 0 Å². The zero-order valence-electron chi connectivity index (χ0n) is 34.5. The molecule has 3 aliphatic heterocycles. The predicted molar refractivity (Wildman–Crippen MR) is 252 cm³/mol. The Balaban J connectivity index is 0.00000469. The summed E-state index contributed by atoms with van der Waals surface area (Å²) in [5, 5.41) is 0. The Morgan fingerprint density at radius 1 is 0.415 bits per heavy atom. The second-order valence-electron chi connectivity index (χ2n) is 15.9. The van der Waals surface area contributed by atoms with E-state index in [2.05, 4.69) is 65.7 Å². The number of carbonyl (C=O) groups excluding carboxylic acids is 2. The van der Waals surface area contributed by atoms with E-state index in [1.165, 1.54) is 4.90 Å². The number of hydrogen-bond donors (Lipinski definition) is 0. The van der Waals surface area contributed by atoms with Crippen molar-refractivity contribution in [1.82, 2.24) is 29.8 Å². The van der Waals surface area contributed by atoms with Crippen LogP contribution in [0.4, 0.5) is 0 Å². The predicted octanol–water partition coefficient (Wildman–Crippen LogP) is 11.9. The molecule has 8 nitrogen and oxygen atoms in total. The largest absolute Gasteiger partial charge is 2.00 e. The van der Waals surface area contributed by atoms with Crippen molar-refractivity contribution in [1.29, 1.82) is 0 Å². The molecule has 5 aromatic carbocycles. The normalized spacial score (nSPS) is 12.5. The molecule has 9 heteroatoms. The van der Waals surface area contributed by atoms with Gasteiger partial charge in [0, 0.05) is 23.5 Å². The van der Waals surface area contributed by atoms with Crippen molar-refractivity contribution >= 4 is 46.0 Å². The third-order valence-electron chi connectivity index (χ3n) is 12.1. The molecule has 0 fully saturated rings. The molecule has 0 saturated carbocycles. The van der Waals surface area contributed by atoms with Gasteiger partial charge >= 0.3 is 16.5 Å². The van der Waals surface area contributed by atoms with Crippen molar-refractivity contribution in [2.75, 3.05) is 0 Å². The van der Waals surface area contributed by atoms with E-state index in [0.717, 1.165) is 83.6 Å². The first-order valence-corrected chi connectivity index (χ1v) is 21.1. The third-order valence-corrected chi connectivity index (χ3v) is 12.1. The number of rotatable bonds is 6. The van der Waals surface area contributed by atoms with Gasteiger partial charge in [0.2, 0.25) is 0 Å². The number of benzene rings is 5. The number of carbonyl (C=O) groups is 2. The Bertz CT molecular complexity index is 3340. The van der Waals surface area contributed by atoms with Crippen LogP contribution in [0.5, 0.6) is 0 Å². The molecule has 0 N–H and O–H groups in total. The van der Waals surface area contributed by atoms with E-state index in [-0.39, 0.29) is 34.9 Å². The zero-order valence-corrected chi connectivity index (χ0v) is 35.5. The van der Waals surface area contributed by atoms with Crippen molar-refractivity contribution in [2.45, 2.75) is 6.54 Å². The number of amides is 2. The molecule has 0 saturated heterocycles. The molecule has 0 unspecified atom stereocenters. The van der Waals surface area contributed by atoms with Crippen molar-refractivity contribution < 1.29 is 26.1 Å². The van der Waals surface area contributed by atoms with Gasteiger partial charge in [0.15, 0.2) is 0 Å². The first kappa shape index (κ1) is 39.6. The van der Waals surface area contributed by atoms with Gasteiger partial charge in [-0.25, -0.2) is 9.97 Å². The molecule has 8 bridgehead atoms. The number of aromatic nitrogens is 5. The average molecular weight is 882 g/mol. The molecule has 3 aliphatic rings. The van der Waals surface area contributed by atoms with Gasteiger partial charge in [-0.1, -0.05) is 146 Å². The molecule has 65 heavy (non-hydrogen) atoms. The molecule has 0 aliphatic carbocycles. The topological polar surface area (TPSA) is 104 Å². The first-order valence-electron chi connectivity index (χ1n) is 21.1. The van der Waals surface area contributed by atoms with Crippen molar-refractivity contribution in [2.24, 2.45) is 0 Å². The van der Waals surface area contributed by atoms with Crippen LogP contribution in [-0.4, -0.2) is 31.7 Å². The van der Waals surface area contributed by atoms with Gasteiger partial charge < -0.3 is 9.97 Å². The van der Waals surface area contributed by atoms with Gasteiger partial charge in [-0.05, 0) is 86.5 Å². The van der Waals surface area contributed by atoms with Crippen LogP contribution in [0.25, 0.3) is 101 Å². The van der Waals surface area contributed by atoms with E-state index in [9.17, 15) is 9.59 Å². The molecule has 0 spiro atoms. The Morgan fingerprint density at radius 3 is 1.18 bits per heavy atom. The molecule has 9 aromatic rings. The average Bonchev–Trinajstić information content (AvgIpc) is 4.21. The summed E-state index contributed by atoms with van der Waals surface area (Å²) in [6.45, 7) is 0.125. The van der Waals surface area contributed by atoms with E-state index in [1.54, 1.807) is 12.4 Å². The second kappa shape index (κ2) is 16.1. The van der Waals surface area contributed by atoms with Crippen LogP contribution in [-0.2, 0) is 23.0 Å². The Kier molecular flexibility index (Phi) is 9.83. The Hall–Kier alpha value is -8.26. The van der Waals surface area contributed by atoms with Crippen LogP contribution in [0.2, 0.25) is 0 Å². The number of nitrogens with zero attached hydrogens (tertiary/aromatic N) is 6. The minimum absolute atomic E-state index is 0. The molecule has 4 aromatic heterocycles. The fraction of sp³-hybridized carbons (Fsp3) is 0.0179. The number of fused-ring (bicyclic) bond motifs is 12. The minimum atomic E-state index is -0.358. The summed E-state index contributed by atoms with van der Waals surface area (Å²) in [7, 11) is 0. The zero-order chi connectivity index (χ0) is 42.7. The van der Waals surface area contributed by atoms with E-state index in [1.807, 2.05) is 121 Å². The van der Waals surface area contributed by atoms with Gasteiger partial charge in [0.05, 0.1) is 40.4 Å². The maximum atomic E-state index is 14.4. The van der Waals surface area contributed by atoms with E-state index in [4.69, 9.17) is 19.9 Å². The summed E-state index contributed by atoms with van der Waals surface area (Å²) in [6, 6.07) is 56.2. The van der Waals surface area contributed by atoms with Crippen LogP contribution in [0.3, 0.4) is 0 Å². The van der Waals surface area contributed by atoms with Crippen LogP contribution in [0.1, 0.15) is 37.7 Å². The molecule has 0 atom stereocenters. The SMILES string of the molecule is O=C1c2cc3c(cc2C(=O)N1Cc1ccncc1)-c1nc-3c(-c2ccccc2)c2ccc([n-]2)c(-c2ccccc2)c2nc(c(-c3ccccc3)c3ccc([n-]3)c1-c1ccccc1)C=C2.[Ni+2]. The number of imide groups is 1. The Labute approximate surface area is 384 Å². The smallest absolute Gasteiger partial charge is 0.657 e. The van der Waals surface area contributed by atoms with Gasteiger partial charge in [-0.2, -0.15) is 0 Å². The first-order chi connectivity index (χ1) is 31.6. The maximum Gasteiger partial charge on any atom is 2.00 e. The third kappa shape index (κ3) is 6.72.